The molecule has 15 heteroatoms. The number of carbonyl (C=O) groups excluding carboxylic acids is 2. The number of alkyl halides is 3. The Morgan fingerprint density at radius 2 is 1.57 bits per heavy atom. The number of benzene rings is 3. The van der Waals surface area contributed by atoms with Gasteiger partial charge in [-0.15, -0.1) is 0 Å². The van der Waals surface area contributed by atoms with E-state index in [0.717, 1.165) is 14.9 Å². The van der Waals surface area contributed by atoms with Gasteiger partial charge < -0.3 is 29.6 Å². The number of rotatable bonds is 11. The Hall–Kier alpha value is -5.27. The van der Waals surface area contributed by atoms with Crippen molar-refractivity contribution in [2.24, 2.45) is 0 Å². The van der Waals surface area contributed by atoms with Crippen molar-refractivity contribution < 1.29 is 41.8 Å². The number of halogens is 3. The second-order valence-electron chi connectivity index (χ2n) is 13.2. The summed E-state index contributed by atoms with van der Waals surface area (Å²) in [6.45, 7) is 5.20. The molecule has 0 radical (unpaired) electrons. The van der Waals surface area contributed by atoms with Crippen molar-refractivity contribution in [3.8, 4) is 17.6 Å². The quantitative estimate of drug-likeness (QED) is 0.157. The molecule has 1 saturated heterocycles. The molecule has 278 valence electrons. The number of hydrogen-bond donors (Lipinski definition) is 3. The number of nitrogens with zero attached hydrogens (tertiary/aromatic N) is 2. The second-order valence-corrected chi connectivity index (χ2v) is 17.5. The first-order valence-electron chi connectivity index (χ1n) is 16.7. The number of anilines is 1. The third-order valence-corrected chi connectivity index (χ3v) is 13.5. The molecular weight excluding hydrogens is 710 g/mol. The molecular formula is C38H39F3N4O7Si. The number of nitrogens with one attached hydrogen (secondary N) is 2. The van der Waals surface area contributed by atoms with E-state index in [1.165, 1.54) is 6.20 Å². The van der Waals surface area contributed by atoms with E-state index in [-0.39, 0.29) is 29.4 Å². The topological polar surface area (TPSA) is 141 Å². The fourth-order valence-electron chi connectivity index (χ4n) is 6.06. The van der Waals surface area contributed by atoms with Crippen molar-refractivity contribution in [3.05, 3.63) is 113 Å². The van der Waals surface area contributed by atoms with Gasteiger partial charge in [0.25, 0.3) is 14.2 Å². The fraction of sp³-hybridized carbons (Fsp3) is 0.316. The zero-order valence-corrected chi connectivity index (χ0v) is 30.2. The van der Waals surface area contributed by atoms with E-state index < -0.39 is 63.6 Å². The fourth-order valence-corrected chi connectivity index (χ4v) is 10.6. The Bertz CT molecular complexity index is 1960. The van der Waals surface area contributed by atoms with Gasteiger partial charge in [-0.05, 0) is 27.5 Å². The highest BCUT2D eigenvalue weighted by atomic mass is 28.4. The molecule has 53 heavy (non-hydrogen) atoms. The summed E-state index contributed by atoms with van der Waals surface area (Å²) in [4.78, 5) is 41.3. The molecule has 0 spiro atoms. The summed E-state index contributed by atoms with van der Waals surface area (Å²) in [6.07, 6.45) is -6.84. The van der Waals surface area contributed by atoms with Gasteiger partial charge in [0.1, 0.15) is 18.1 Å². The van der Waals surface area contributed by atoms with Crippen molar-refractivity contribution in [3.63, 3.8) is 0 Å². The van der Waals surface area contributed by atoms with E-state index >= 15 is 0 Å². The third-order valence-electron chi connectivity index (χ3n) is 8.54. The van der Waals surface area contributed by atoms with Crippen LogP contribution in [0.4, 0.5) is 19.0 Å². The highest BCUT2D eigenvalue weighted by molar-refractivity contribution is 6.99. The number of aliphatic hydroxyl groups excluding tert-OH is 1. The van der Waals surface area contributed by atoms with Crippen molar-refractivity contribution >= 4 is 36.3 Å². The number of ether oxygens (including phenoxy) is 2. The summed E-state index contributed by atoms with van der Waals surface area (Å²) in [5.74, 6) is 2.21. The number of aromatic nitrogens is 2. The molecule has 5 rings (SSSR count). The van der Waals surface area contributed by atoms with Crippen LogP contribution in [0.25, 0.3) is 0 Å². The van der Waals surface area contributed by atoms with Crippen molar-refractivity contribution in [1.29, 1.82) is 0 Å². The minimum Gasteiger partial charge on any atom is -0.484 e. The van der Waals surface area contributed by atoms with Gasteiger partial charge in [-0.2, -0.15) is 18.2 Å². The molecule has 0 aliphatic carbocycles. The van der Waals surface area contributed by atoms with Crippen LogP contribution in [-0.2, 0) is 18.8 Å². The van der Waals surface area contributed by atoms with Crippen LogP contribution in [0.3, 0.4) is 0 Å². The van der Waals surface area contributed by atoms with E-state index in [4.69, 9.17) is 13.9 Å². The second kappa shape index (κ2) is 16.6. The first kappa shape index (κ1) is 38.9. The van der Waals surface area contributed by atoms with Gasteiger partial charge >= 0.3 is 17.8 Å². The number of para-hydroxylation sites is 1. The van der Waals surface area contributed by atoms with Gasteiger partial charge in [0.2, 0.25) is 0 Å². The van der Waals surface area contributed by atoms with Gasteiger partial charge in [0.15, 0.2) is 12.4 Å². The van der Waals surface area contributed by atoms with E-state index in [0.29, 0.717) is 5.75 Å². The Balaban J connectivity index is 1.39. The van der Waals surface area contributed by atoms with Crippen LogP contribution in [0.5, 0.6) is 5.75 Å². The molecule has 1 aliphatic rings. The maximum Gasteiger partial charge on any atom is 0.471 e. The monoisotopic (exact) mass is 748 g/mol. The summed E-state index contributed by atoms with van der Waals surface area (Å²) < 4.78 is 57.7. The minimum absolute atomic E-state index is 0.00571. The standard InChI is InChI=1S/C38H39F3N4O7Si/c1-37(2,3)53(28-17-9-5-10-18-28,29-19-11-6-12-20-29)51-24-31-30(46)22-33(52-31)45-23-26(14-13-21-42-35(48)38(39,40)41)34(44-36(45)49)43-32(47)25-50-27-15-7-4-8-16-27/h4-12,15-20,23,30-31,33,46H,21-22,24-25H2,1-3H3,(H,42,48)(H,43,44,47,49)/t30?,31-,33-/m1/s1. The van der Waals surface area contributed by atoms with Gasteiger partial charge in [0.05, 0.1) is 24.8 Å². The van der Waals surface area contributed by atoms with Crippen LogP contribution < -0.4 is 31.4 Å². The lowest BCUT2D eigenvalue weighted by Gasteiger charge is -2.43. The highest BCUT2D eigenvalue weighted by Gasteiger charge is 2.51. The molecule has 2 heterocycles. The van der Waals surface area contributed by atoms with Gasteiger partial charge in [-0.3, -0.25) is 14.2 Å². The van der Waals surface area contributed by atoms with Crippen LogP contribution in [0.2, 0.25) is 5.04 Å². The summed E-state index contributed by atoms with van der Waals surface area (Å²) >= 11 is 0. The van der Waals surface area contributed by atoms with Crippen molar-refractivity contribution in [2.75, 3.05) is 25.1 Å². The molecule has 11 nitrogen and oxygen atoms in total. The lowest BCUT2D eigenvalue weighted by Crippen LogP contribution is -2.67. The summed E-state index contributed by atoms with van der Waals surface area (Å²) in [7, 11) is -3.00. The van der Waals surface area contributed by atoms with Crippen LogP contribution in [0.15, 0.2) is 102 Å². The molecule has 3 aromatic carbocycles. The third kappa shape index (κ3) is 9.40. The van der Waals surface area contributed by atoms with Crippen LogP contribution in [-0.4, -0.2) is 72.9 Å². The normalized spacial score (nSPS) is 17.4. The molecule has 3 N–H and O–H groups in total. The van der Waals surface area contributed by atoms with E-state index in [1.807, 2.05) is 60.7 Å². The molecule has 3 atom stereocenters. The molecule has 2 amide bonds. The average Bonchev–Trinajstić information content (AvgIpc) is 3.50. The molecule has 1 fully saturated rings. The Kier molecular flexibility index (Phi) is 12.2. The lowest BCUT2D eigenvalue weighted by atomic mass is 10.2. The number of carbonyl (C=O) groups is 2. The van der Waals surface area contributed by atoms with E-state index in [9.17, 15) is 32.7 Å². The predicted molar refractivity (Wildman–Crippen MR) is 193 cm³/mol. The van der Waals surface area contributed by atoms with E-state index in [2.05, 4.69) is 42.9 Å². The smallest absolute Gasteiger partial charge is 0.471 e. The maximum absolute atomic E-state index is 13.4. The van der Waals surface area contributed by atoms with Crippen molar-refractivity contribution in [2.45, 2.75) is 56.8 Å². The molecule has 0 saturated carbocycles. The number of hydrogen-bond acceptors (Lipinski definition) is 8. The summed E-state index contributed by atoms with van der Waals surface area (Å²) in [5.41, 5.74) is -0.921. The van der Waals surface area contributed by atoms with Crippen LogP contribution in [0, 0.1) is 11.8 Å². The Labute approximate surface area is 305 Å². The largest absolute Gasteiger partial charge is 0.484 e. The molecule has 1 aromatic heterocycles. The van der Waals surface area contributed by atoms with E-state index in [1.54, 1.807) is 35.6 Å². The highest BCUT2D eigenvalue weighted by Crippen LogP contribution is 2.38. The Morgan fingerprint density at radius 3 is 2.13 bits per heavy atom. The number of amides is 2. The van der Waals surface area contributed by atoms with Crippen LogP contribution >= 0.6 is 0 Å². The average molecular weight is 749 g/mol. The zero-order chi connectivity index (χ0) is 38.2. The van der Waals surface area contributed by atoms with Gasteiger partial charge in [-0.1, -0.05) is 111 Å². The maximum atomic E-state index is 13.4. The van der Waals surface area contributed by atoms with Gasteiger partial charge in [0, 0.05) is 12.6 Å². The predicted octanol–water partition coefficient (Wildman–Crippen LogP) is 3.52. The van der Waals surface area contributed by atoms with Crippen molar-refractivity contribution in [1.82, 2.24) is 14.9 Å². The summed E-state index contributed by atoms with van der Waals surface area (Å²) in [5, 5.41) is 17.0. The zero-order valence-electron chi connectivity index (χ0n) is 29.2. The first-order valence-corrected chi connectivity index (χ1v) is 18.6. The molecule has 1 unspecified atom stereocenters. The Morgan fingerprint density at radius 1 is 0.981 bits per heavy atom. The minimum atomic E-state index is -5.10. The SMILES string of the molecule is CC(C)(C)[Si](OC[C@H]1O[C@@H](n2cc(C#CCNC(=O)C(F)(F)F)c(NC(=O)COc3ccccc3)nc2=O)CC1O)(c1ccccc1)c1ccccc1. The first-order chi connectivity index (χ1) is 25.2. The molecule has 4 aromatic rings. The molecule has 1 aliphatic heterocycles. The number of aliphatic hydroxyl groups is 1. The summed E-state index contributed by atoms with van der Waals surface area (Å²) in [6, 6.07) is 28.3. The van der Waals surface area contributed by atoms with Gasteiger partial charge in [-0.25, -0.2) is 4.79 Å². The molecule has 0 bridgehead atoms. The van der Waals surface area contributed by atoms with Crippen LogP contribution in [0.1, 0.15) is 39.0 Å². The lowest BCUT2D eigenvalue weighted by molar-refractivity contribution is -0.173.